The zero-order valence-electron chi connectivity index (χ0n) is 21.0. The first kappa shape index (κ1) is 26.6. The third-order valence-corrected chi connectivity index (χ3v) is 9.87. The van der Waals surface area contributed by atoms with Crippen molar-refractivity contribution in [2.75, 3.05) is 13.2 Å². The van der Waals surface area contributed by atoms with E-state index in [0.717, 1.165) is 12.8 Å². The molecule has 0 spiro atoms. The minimum atomic E-state index is -1.11. The Labute approximate surface area is 217 Å². The van der Waals surface area contributed by atoms with Gasteiger partial charge in [0.2, 0.25) is 5.91 Å². The molecule has 8 nitrogen and oxygen atoms in total. The monoisotopic (exact) mass is 529 g/mol. The number of aliphatic hydroxyl groups is 1. The third-order valence-electron chi connectivity index (χ3n) is 9.38. The molecule has 2 bridgehead atoms. The highest BCUT2D eigenvalue weighted by molar-refractivity contribution is 6.21. The summed E-state index contributed by atoms with van der Waals surface area (Å²) in [6.07, 6.45) is 7.59. The molecule has 1 heterocycles. The molecule has 6 fully saturated rings. The fourth-order valence-electron chi connectivity index (χ4n) is 7.07. The topological polar surface area (TPSA) is 109 Å². The fourth-order valence-corrected chi connectivity index (χ4v) is 7.30. The van der Waals surface area contributed by atoms with E-state index in [4.69, 9.17) is 21.1 Å². The lowest BCUT2D eigenvalue weighted by Crippen LogP contribution is -2.70. The summed E-state index contributed by atoms with van der Waals surface area (Å²) in [7, 11) is 0. The highest BCUT2D eigenvalue weighted by atomic mass is 35.5. The molecule has 6 atom stereocenters. The van der Waals surface area contributed by atoms with Crippen LogP contribution in [0.15, 0.2) is 0 Å². The zero-order chi connectivity index (χ0) is 25.3. The number of amides is 2. The Bertz CT molecular complexity index is 804. The van der Waals surface area contributed by atoms with Gasteiger partial charge in [-0.15, -0.1) is 11.6 Å². The summed E-state index contributed by atoms with van der Waals surface area (Å²) in [5, 5.41) is 20.2. The lowest BCUT2D eigenvalue weighted by molar-refractivity contribution is -0.144. The molecule has 1 saturated heterocycles. The molecule has 5 unspecified atom stereocenters. The summed E-state index contributed by atoms with van der Waals surface area (Å²) < 4.78 is 25.6. The van der Waals surface area contributed by atoms with Crippen LogP contribution in [0.4, 0.5) is 4.39 Å². The second-order valence-electron chi connectivity index (χ2n) is 11.8. The van der Waals surface area contributed by atoms with Crippen LogP contribution in [-0.4, -0.2) is 77.2 Å². The summed E-state index contributed by atoms with van der Waals surface area (Å²) in [5.74, 6) is 0.0654. The average Bonchev–Trinajstić information content (AvgIpc) is 3.37. The van der Waals surface area contributed by atoms with Gasteiger partial charge in [0, 0.05) is 18.5 Å². The minimum absolute atomic E-state index is 0.0484. The molecule has 36 heavy (non-hydrogen) atoms. The van der Waals surface area contributed by atoms with Crippen molar-refractivity contribution in [3.63, 3.8) is 0 Å². The van der Waals surface area contributed by atoms with Crippen molar-refractivity contribution >= 4 is 23.4 Å². The maximum Gasteiger partial charge on any atom is 0.250 e. The third kappa shape index (κ3) is 5.70. The molecule has 10 heteroatoms. The van der Waals surface area contributed by atoms with Gasteiger partial charge in [0.05, 0.1) is 23.1 Å². The summed E-state index contributed by atoms with van der Waals surface area (Å²) in [6, 6.07) is 0. The van der Waals surface area contributed by atoms with E-state index < -0.39 is 34.8 Å². The van der Waals surface area contributed by atoms with Crippen molar-refractivity contribution in [1.82, 2.24) is 16.0 Å². The first-order valence-electron chi connectivity index (χ1n) is 13.9. The Morgan fingerprint density at radius 1 is 1.08 bits per heavy atom. The number of carbonyl (C=O) groups excluding carboxylic acids is 2. The number of alkyl halides is 2. The van der Waals surface area contributed by atoms with Crippen molar-refractivity contribution in [2.45, 2.75) is 131 Å². The molecule has 1 aliphatic heterocycles. The number of carbonyl (C=O) groups is 2. The van der Waals surface area contributed by atoms with Crippen molar-refractivity contribution in [3.8, 4) is 0 Å². The van der Waals surface area contributed by atoms with Gasteiger partial charge in [-0.3, -0.25) is 14.9 Å². The van der Waals surface area contributed by atoms with Gasteiger partial charge in [-0.25, -0.2) is 4.39 Å². The normalized spacial score (nSPS) is 43.3. The molecule has 5 aliphatic carbocycles. The number of fused-ring (bicyclic) bond motifs is 3. The quantitative estimate of drug-likeness (QED) is 0.377. The summed E-state index contributed by atoms with van der Waals surface area (Å²) >= 11 is 5.93. The van der Waals surface area contributed by atoms with E-state index in [1.807, 2.05) is 0 Å². The second kappa shape index (κ2) is 11.0. The number of ether oxygens (including phenoxy) is 2. The molecule has 2 amide bonds. The zero-order valence-corrected chi connectivity index (χ0v) is 21.7. The first-order valence-corrected chi connectivity index (χ1v) is 14.3. The Morgan fingerprint density at radius 2 is 1.83 bits per heavy atom. The van der Waals surface area contributed by atoms with E-state index in [1.165, 1.54) is 19.3 Å². The average molecular weight is 530 g/mol. The predicted octanol–water partition coefficient (Wildman–Crippen LogP) is 2.44. The maximum atomic E-state index is 13.8. The van der Waals surface area contributed by atoms with Crippen LogP contribution in [0.3, 0.4) is 0 Å². The van der Waals surface area contributed by atoms with Crippen LogP contribution in [0.25, 0.3) is 0 Å². The molecule has 0 aromatic heterocycles. The number of nitrogens with one attached hydrogen (secondary N) is 3. The smallest absolute Gasteiger partial charge is 0.250 e. The molecular formula is C26H41ClFN3O5. The number of halogens is 2. The van der Waals surface area contributed by atoms with E-state index in [0.29, 0.717) is 57.4 Å². The van der Waals surface area contributed by atoms with Gasteiger partial charge in [0.25, 0.3) is 5.91 Å². The van der Waals surface area contributed by atoms with Crippen LogP contribution in [0, 0.1) is 5.92 Å². The van der Waals surface area contributed by atoms with Gasteiger partial charge in [-0.05, 0) is 63.7 Å². The highest BCUT2D eigenvalue weighted by Crippen LogP contribution is 2.47. The number of hydrogen-bond acceptors (Lipinski definition) is 6. The molecule has 204 valence electrons. The molecule has 4 N–H and O–H groups in total. The highest BCUT2D eigenvalue weighted by Gasteiger charge is 2.56. The van der Waals surface area contributed by atoms with Crippen LogP contribution in [0.5, 0.6) is 0 Å². The van der Waals surface area contributed by atoms with E-state index in [2.05, 4.69) is 16.0 Å². The predicted molar refractivity (Wildman–Crippen MR) is 132 cm³/mol. The first-order chi connectivity index (χ1) is 17.3. The van der Waals surface area contributed by atoms with Crippen molar-refractivity contribution in [2.24, 2.45) is 5.92 Å². The maximum absolute atomic E-state index is 13.8. The Kier molecular flexibility index (Phi) is 8.13. The van der Waals surface area contributed by atoms with E-state index in [1.54, 1.807) is 0 Å². The molecular weight excluding hydrogens is 489 g/mol. The van der Waals surface area contributed by atoms with Crippen LogP contribution < -0.4 is 16.0 Å². The lowest BCUT2D eigenvalue weighted by atomic mass is 9.60. The minimum Gasteiger partial charge on any atom is -0.391 e. The van der Waals surface area contributed by atoms with E-state index in [-0.39, 0.29) is 37.2 Å². The summed E-state index contributed by atoms with van der Waals surface area (Å²) in [4.78, 5) is 25.7. The van der Waals surface area contributed by atoms with Crippen LogP contribution in [-0.2, 0) is 19.1 Å². The standard InChI is InChI=1S/C26H41ClFN3O5/c27-18-7-6-17(12-19(18)28)35-15-22(33)30-26-10-8-25(9-11-26,13-21(26)32)31-23(34)20-14-29-24(36-20)16-4-2-1-3-5-16/h16-21,24,29,32H,1-15H2,(H,30,33)(H,31,34)/t17?,18?,19?,20?,21-,24?,25?,26?/m0/s1. The van der Waals surface area contributed by atoms with Gasteiger partial charge >= 0.3 is 0 Å². The van der Waals surface area contributed by atoms with E-state index in [9.17, 15) is 19.1 Å². The Morgan fingerprint density at radius 3 is 2.53 bits per heavy atom. The van der Waals surface area contributed by atoms with Gasteiger partial charge in [-0.1, -0.05) is 19.3 Å². The summed E-state index contributed by atoms with van der Waals surface area (Å²) in [5.41, 5.74) is -1.18. The van der Waals surface area contributed by atoms with Gasteiger partial charge in [0.15, 0.2) is 6.10 Å². The molecule has 0 aromatic rings. The molecule has 6 aliphatic rings. The largest absolute Gasteiger partial charge is 0.391 e. The lowest BCUT2D eigenvalue weighted by Gasteiger charge is -2.56. The molecule has 5 saturated carbocycles. The number of aliphatic hydroxyl groups excluding tert-OH is 1. The fraction of sp³-hybridized carbons (Fsp3) is 0.923. The SMILES string of the molecule is O=C(COC1CCC(Cl)C(F)C1)NC12CCC(NC(=O)C3CNC(C4CCCCC4)O3)(CC1)C[C@@H]2O. The van der Waals surface area contributed by atoms with E-state index >= 15 is 0 Å². The van der Waals surface area contributed by atoms with Crippen molar-refractivity contribution < 1.29 is 28.6 Å². The van der Waals surface area contributed by atoms with Crippen LogP contribution >= 0.6 is 11.6 Å². The molecule has 0 aromatic carbocycles. The van der Waals surface area contributed by atoms with Gasteiger partial charge < -0.3 is 25.2 Å². The second-order valence-corrected chi connectivity index (χ2v) is 12.4. The number of hydrogen-bond donors (Lipinski definition) is 4. The number of rotatable bonds is 7. The van der Waals surface area contributed by atoms with Gasteiger partial charge in [0.1, 0.15) is 19.0 Å². The molecule has 0 radical (unpaired) electrons. The van der Waals surface area contributed by atoms with Gasteiger partial charge in [-0.2, -0.15) is 0 Å². The van der Waals surface area contributed by atoms with Crippen LogP contribution in [0.1, 0.15) is 83.5 Å². The molecule has 6 rings (SSSR count). The summed E-state index contributed by atoms with van der Waals surface area (Å²) in [6.45, 7) is 0.357. The Balaban J connectivity index is 1.08. The Hall–Kier alpha value is -1.00. The van der Waals surface area contributed by atoms with Crippen LogP contribution in [0.2, 0.25) is 0 Å². The van der Waals surface area contributed by atoms with Crippen molar-refractivity contribution in [3.05, 3.63) is 0 Å². The van der Waals surface area contributed by atoms with Crippen molar-refractivity contribution in [1.29, 1.82) is 0 Å².